The number of allylic oxidation sites excluding steroid dienone is 1. The van der Waals surface area contributed by atoms with Crippen molar-refractivity contribution in [2.24, 2.45) is 0 Å². The van der Waals surface area contributed by atoms with Crippen LogP contribution >= 0.6 is 0 Å². The normalized spacial score (nSPS) is 9.64. The van der Waals surface area contributed by atoms with Crippen LogP contribution in [0.2, 0.25) is 0 Å². The molecule has 3 nitrogen and oxygen atoms in total. The number of rotatable bonds is 7. The van der Waals surface area contributed by atoms with Crippen molar-refractivity contribution >= 4 is 0 Å². The lowest BCUT2D eigenvalue weighted by molar-refractivity contribution is 0.209. The lowest BCUT2D eigenvalue weighted by atomic mass is 10.4. The summed E-state index contributed by atoms with van der Waals surface area (Å²) in [4.78, 5) is 0. The second-order valence-corrected chi connectivity index (χ2v) is 2.38. The summed E-state index contributed by atoms with van der Waals surface area (Å²) in [6.07, 6.45) is 0.951. The lowest BCUT2D eigenvalue weighted by Gasteiger charge is -2.04. The molecule has 0 bridgehead atoms. The molecule has 0 aliphatic rings. The first-order chi connectivity index (χ1) is 5.27. The van der Waals surface area contributed by atoms with Crippen LogP contribution in [0.5, 0.6) is 0 Å². The Labute approximate surface area is 68.1 Å². The lowest BCUT2D eigenvalue weighted by Crippen LogP contribution is -2.20. The van der Waals surface area contributed by atoms with Crippen LogP contribution in [0.3, 0.4) is 0 Å². The van der Waals surface area contributed by atoms with Gasteiger partial charge in [-0.15, -0.1) is 0 Å². The van der Waals surface area contributed by atoms with Gasteiger partial charge in [0.2, 0.25) is 0 Å². The van der Waals surface area contributed by atoms with E-state index in [-0.39, 0.29) is 6.61 Å². The van der Waals surface area contributed by atoms with Crippen LogP contribution in [-0.4, -0.2) is 31.4 Å². The molecule has 3 heteroatoms. The predicted octanol–water partition coefficient (Wildman–Crippen LogP) is 0.509. The Kier molecular flexibility index (Phi) is 7.19. The van der Waals surface area contributed by atoms with Crippen molar-refractivity contribution in [3.8, 4) is 0 Å². The van der Waals surface area contributed by atoms with E-state index in [4.69, 9.17) is 9.84 Å². The highest BCUT2D eigenvalue weighted by Crippen LogP contribution is 1.90. The van der Waals surface area contributed by atoms with E-state index >= 15 is 0 Å². The summed E-state index contributed by atoms with van der Waals surface area (Å²) in [5.41, 5.74) is 0. The fraction of sp³-hybridized carbons (Fsp3) is 0.750. The maximum absolute atomic E-state index is 8.40. The molecular formula is C8H17NO2. The number of aliphatic hydroxyl groups excluding tert-OH is 1. The molecule has 0 aromatic heterocycles. The van der Waals surface area contributed by atoms with Crippen molar-refractivity contribution in [2.75, 3.05) is 26.3 Å². The fourth-order valence-corrected chi connectivity index (χ4v) is 0.648. The molecule has 0 aliphatic carbocycles. The zero-order chi connectivity index (χ0) is 8.53. The van der Waals surface area contributed by atoms with Crippen molar-refractivity contribution < 1.29 is 9.84 Å². The third kappa shape index (κ3) is 9.46. The molecule has 11 heavy (non-hydrogen) atoms. The number of ether oxygens (including phenoxy) is 1. The van der Waals surface area contributed by atoms with E-state index in [0.29, 0.717) is 13.2 Å². The van der Waals surface area contributed by atoms with E-state index in [1.807, 2.05) is 6.92 Å². The summed E-state index contributed by atoms with van der Waals surface area (Å²) in [5, 5.41) is 11.5. The Morgan fingerprint density at radius 3 is 2.82 bits per heavy atom. The predicted molar refractivity (Wildman–Crippen MR) is 45.3 cm³/mol. The van der Waals surface area contributed by atoms with Crippen molar-refractivity contribution in [2.45, 2.75) is 13.3 Å². The van der Waals surface area contributed by atoms with Crippen molar-refractivity contribution in [1.82, 2.24) is 5.32 Å². The molecule has 0 aromatic rings. The molecule has 0 unspecified atom stereocenters. The van der Waals surface area contributed by atoms with E-state index in [2.05, 4.69) is 11.9 Å². The van der Waals surface area contributed by atoms with Gasteiger partial charge in [0.05, 0.1) is 19.0 Å². The summed E-state index contributed by atoms with van der Waals surface area (Å²) >= 11 is 0. The second-order valence-electron chi connectivity index (χ2n) is 2.38. The molecule has 66 valence electrons. The topological polar surface area (TPSA) is 41.5 Å². The van der Waals surface area contributed by atoms with Crippen LogP contribution in [0.1, 0.15) is 13.3 Å². The third-order valence-corrected chi connectivity index (χ3v) is 1.13. The minimum absolute atomic E-state index is 0.196. The highest BCUT2D eigenvalue weighted by Gasteiger charge is 1.87. The minimum Gasteiger partial charge on any atom is -0.499 e. The van der Waals surface area contributed by atoms with Crippen LogP contribution in [-0.2, 0) is 4.74 Å². The minimum atomic E-state index is 0.196. The van der Waals surface area contributed by atoms with E-state index in [1.54, 1.807) is 0 Å². The first kappa shape index (κ1) is 10.5. The van der Waals surface area contributed by atoms with E-state index < -0.39 is 0 Å². The smallest absolute Gasteiger partial charge is 0.0889 e. The Morgan fingerprint density at radius 2 is 2.27 bits per heavy atom. The molecular weight excluding hydrogens is 142 g/mol. The molecule has 0 aromatic carbocycles. The van der Waals surface area contributed by atoms with Crippen LogP contribution in [0.25, 0.3) is 0 Å². The number of aliphatic hydroxyl groups is 1. The SMILES string of the molecule is C=C(C)OCCCNCCO. The second kappa shape index (κ2) is 7.57. The Hall–Kier alpha value is -0.540. The van der Waals surface area contributed by atoms with E-state index in [1.165, 1.54) is 0 Å². The Balaban J connectivity index is 2.85. The summed E-state index contributed by atoms with van der Waals surface area (Å²) < 4.78 is 5.13. The zero-order valence-corrected chi connectivity index (χ0v) is 7.10. The van der Waals surface area contributed by atoms with Crippen LogP contribution in [0.4, 0.5) is 0 Å². The van der Waals surface area contributed by atoms with Gasteiger partial charge in [0.15, 0.2) is 0 Å². The van der Waals surface area contributed by atoms with Gasteiger partial charge in [0, 0.05) is 6.54 Å². The van der Waals surface area contributed by atoms with Gasteiger partial charge in [-0.3, -0.25) is 0 Å². The summed E-state index contributed by atoms with van der Waals surface area (Å²) in [6.45, 7) is 7.88. The molecule has 0 fully saturated rings. The molecule has 0 atom stereocenters. The summed E-state index contributed by atoms with van der Waals surface area (Å²) in [5.74, 6) is 0.757. The standard InChI is InChI=1S/C8H17NO2/c1-8(2)11-7-3-4-9-5-6-10/h9-10H,1,3-7H2,2H3. The molecule has 0 saturated carbocycles. The van der Waals surface area contributed by atoms with Gasteiger partial charge >= 0.3 is 0 Å². The Bertz CT molecular complexity index is 104. The fourth-order valence-electron chi connectivity index (χ4n) is 0.648. The van der Waals surface area contributed by atoms with E-state index in [0.717, 1.165) is 18.7 Å². The van der Waals surface area contributed by atoms with Gasteiger partial charge in [-0.05, 0) is 19.9 Å². The van der Waals surface area contributed by atoms with Crippen LogP contribution in [0.15, 0.2) is 12.3 Å². The monoisotopic (exact) mass is 159 g/mol. The molecule has 0 saturated heterocycles. The van der Waals surface area contributed by atoms with Gasteiger partial charge in [-0.25, -0.2) is 0 Å². The number of hydrogen-bond donors (Lipinski definition) is 2. The summed E-state index contributed by atoms with van der Waals surface area (Å²) in [7, 11) is 0. The third-order valence-electron chi connectivity index (χ3n) is 1.13. The average molecular weight is 159 g/mol. The largest absolute Gasteiger partial charge is 0.499 e. The van der Waals surface area contributed by atoms with Gasteiger partial charge < -0.3 is 15.2 Å². The van der Waals surface area contributed by atoms with Crippen molar-refractivity contribution in [3.05, 3.63) is 12.3 Å². The molecule has 0 aliphatic heterocycles. The summed E-state index contributed by atoms with van der Waals surface area (Å²) in [6, 6.07) is 0. The van der Waals surface area contributed by atoms with Gasteiger partial charge in [-0.2, -0.15) is 0 Å². The van der Waals surface area contributed by atoms with Gasteiger partial charge in [0.1, 0.15) is 0 Å². The highest BCUT2D eigenvalue weighted by atomic mass is 16.5. The number of nitrogens with one attached hydrogen (secondary N) is 1. The maximum atomic E-state index is 8.40. The molecule has 0 heterocycles. The first-order valence-electron chi connectivity index (χ1n) is 3.87. The van der Waals surface area contributed by atoms with Gasteiger partial charge in [0.25, 0.3) is 0 Å². The van der Waals surface area contributed by atoms with Gasteiger partial charge in [-0.1, -0.05) is 6.58 Å². The maximum Gasteiger partial charge on any atom is 0.0889 e. The van der Waals surface area contributed by atoms with Crippen molar-refractivity contribution in [1.29, 1.82) is 0 Å². The van der Waals surface area contributed by atoms with Crippen LogP contribution in [0, 0.1) is 0 Å². The zero-order valence-electron chi connectivity index (χ0n) is 7.10. The van der Waals surface area contributed by atoms with Crippen molar-refractivity contribution in [3.63, 3.8) is 0 Å². The van der Waals surface area contributed by atoms with E-state index in [9.17, 15) is 0 Å². The molecule has 2 N–H and O–H groups in total. The molecule has 0 spiro atoms. The Morgan fingerprint density at radius 1 is 1.55 bits per heavy atom. The average Bonchev–Trinajstić information content (AvgIpc) is 1.96. The quantitative estimate of drug-likeness (QED) is 0.420. The highest BCUT2D eigenvalue weighted by molar-refractivity contribution is 4.73. The van der Waals surface area contributed by atoms with Crippen LogP contribution < -0.4 is 5.32 Å². The molecule has 0 radical (unpaired) electrons. The number of hydrogen-bond acceptors (Lipinski definition) is 3. The molecule has 0 amide bonds. The first-order valence-corrected chi connectivity index (χ1v) is 3.87. The molecule has 0 rings (SSSR count).